The van der Waals surface area contributed by atoms with Gasteiger partial charge in [-0.15, -0.1) is 0 Å². The molecule has 0 bridgehead atoms. The van der Waals surface area contributed by atoms with Crippen molar-refractivity contribution in [1.29, 1.82) is 0 Å². The van der Waals surface area contributed by atoms with Crippen LogP contribution in [-0.4, -0.2) is 87.5 Å². The predicted molar refractivity (Wildman–Crippen MR) is 313 cm³/mol. The molecule has 0 aromatic heterocycles. The number of aliphatic hydroxyl groups excluding tert-OH is 5. The van der Waals surface area contributed by atoms with Crippen molar-refractivity contribution in [2.75, 3.05) is 13.2 Å². The second-order valence-electron chi connectivity index (χ2n) is 20.8. The minimum Gasteiger partial charge on any atom is -0.394 e. The van der Waals surface area contributed by atoms with Crippen LogP contribution in [0.25, 0.3) is 0 Å². The number of hydrogen-bond acceptors (Lipinski definition) is 8. The first-order chi connectivity index (χ1) is 36.3. The number of carbonyl (C=O) groups excluding carboxylic acids is 1. The van der Waals surface area contributed by atoms with Crippen molar-refractivity contribution in [2.45, 2.75) is 294 Å². The third kappa shape index (κ3) is 42.2. The third-order valence-electron chi connectivity index (χ3n) is 13.9. The van der Waals surface area contributed by atoms with E-state index in [2.05, 4.69) is 104 Å². The minimum absolute atomic E-state index is 0.197. The van der Waals surface area contributed by atoms with E-state index in [0.717, 1.165) is 103 Å². The Hall–Kier alpha value is -2.89. The third-order valence-corrected chi connectivity index (χ3v) is 13.9. The molecular formula is C65H113NO8. The number of aliphatic hydroxyl groups is 5. The summed E-state index contributed by atoms with van der Waals surface area (Å²) in [5, 5.41) is 54.6. The first kappa shape index (κ1) is 69.1. The Morgan fingerprint density at radius 3 is 1.24 bits per heavy atom. The van der Waals surface area contributed by atoms with E-state index >= 15 is 0 Å². The summed E-state index contributed by atoms with van der Waals surface area (Å²) >= 11 is 0. The number of amides is 1. The zero-order valence-corrected chi connectivity index (χ0v) is 47.3. The fraction of sp³-hybridized carbons (Fsp3) is 0.738. The number of unbranched alkanes of at least 4 members (excludes halogenated alkanes) is 27. The van der Waals surface area contributed by atoms with Gasteiger partial charge in [0.2, 0.25) is 5.91 Å². The standard InChI is InChI=1S/C65H113NO8/c1-3-5-7-9-11-13-15-17-19-21-23-25-27-29-30-31-33-35-37-39-41-43-45-47-49-51-53-55-61(69)66-58(57-73-65-64(72)63(71)62(70)60(56-67)74-65)59(68)54-52-50-48-46-44-42-40-38-36-34-32-28-26-24-22-20-18-16-14-12-10-8-6-4-2/h5,7,11,13,17,19,23,25,29-30,33,35,39,41,52,54,58-60,62-65,67-68,70-72H,3-4,6,8-10,12,14-16,18,20-22,24,26-28,31-32,34,36-38,40,42-51,53,55-57H2,1-2H3,(H,66,69)/b7-5-,13-11-,19-17-,25-23-,30-29-,35-33-,41-39-,54-52+. The van der Waals surface area contributed by atoms with Gasteiger partial charge in [0.15, 0.2) is 6.29 Å². The summed E-state index contributed by atoms with van der Waals surface area (Å²) in [6.45, 7) is 3.67. The van der Waals surface area contributed by atoms with Gasteiger partial charge in [-0.2, -0.15) is 0 Å². The van der Waals surface area contributed by atoms with Crippen LogP contribution in [-0.2, 0) is 14.3 Å². The van der Waals surface area contributed by atoms with Crippen molar-refractivity contribution >= 4 is 5.91 Å². The van der Waals surface area contributed by atoms with Gasteiger partial charge >= 0.3 is 0 Å². The van der Waals surface area contributed by atoms with Gasteiger partial charge in [0.1, 0.15) is 24.4 Å². The maximum atomic E-state index is 13.1. The normalized spacial score (nSPS) is 19.7. The van der Waals surface area contributed by atoms with Gasteiger partial charge < -0.3 is 40.3 Å². The van der Waals surface area contributed by atoms with Crippen LogP contribution in [0.1, 0.15) is 251 Å². The Bertz CT molecular complexity index is 1480. The smallest absolute Gasteiger partial charge is 0.220 e. The molecule has 1 saturated heterocycles. The van der Waals surface area contributed by atoms with E-state index in [9.17, 15) is 30.3 Å². The number of allylic oxidation sites excluding steroid dienone is 15. The van der Waals surface area contributed by atoms with Gasteiger partial charge in [-0.05, 0) is 77.0 Å². The molecule has 0 aromatic carbocycles. The summed E-state index contributed by atoms with van der Waals surface area (Å²) < 4.78 is 11.3. The molecule has 1 aliphatic rings. The molecule has 426 valence electrons. The minimum atomic E-state index is -1.58. The molecule has 6 N–H and O–H groups in total. The summed E-state index contributed by atoms with van der Waals surface area (Å²) in [5.74, 6) is -0.197. The van der Waals surface area contributed by atoms with E-state index in [4.69, 9.17) is 9.47 Å². The molecular weight excluding hydrogens is 923 g/mol. The quantitative estimate of drug-likeness (QED) is 0.0261. The zero-order chi connectivity index (χ0) is 53.6. The summed E-state index contributed by atoms with van der Waals surface area (Å²) in [5.41, 5.74) is 0. The highest BCUT2D eigenvalue weighted by Gasteiger charge is 2.44. The van der Waals surface area contributed by atoms with E-state index in [1.165, 1.54) is 128 Å². The molecule has 1 heterocycles. The van der Waals surface area contributed by atoms with Crippen molar-refractivity contribution in [1.82, 2.24) is 5.32 Å². The Morgan fingerprint density at radius 1 is 0.473 bits per heavy atom. The van der Waals surface area contributed by atoms with Gasteiger partial charge in [-0.3, -0.25) is 4.79 Å². The number of nitrogens with one attached hydrogen (secondary N) is 1. The molecule has 7 atom stereocenters. The van der Waals surface area contributed by atoms with Gasteiger partial charge in [0.05, 0.1) is 25.4 Å². The van der Waals surface area contributed by atoms with Crippen molar-refractivity contribution in [3.63, 3.8) is 0 Å². The summed E-state index contributed by atoms with van der Waals surface area (Å²) in [4.78, 5) is 13.1. The number of rotatable bonds is 51. The van der Waals surface area contributed by atoms with E-state index in [1.54, 1.807) is 6.08 Å². The van der Waals surface area contributed by atoms with Crippen molar-refractivity contribution in [3.05, 3.63) is 97.2 Å². The summed E-state index contributed by atoms with van der Waals surface area (Å²) in [6, 6.07) is -0.824. The van der Waals surface area contributed by atoms with E-state index < -0.39 is 49.5 Å². The lowest BCUT2D eigenvalue weighted by Crippen LogP contribution is -2.60. The first-order valence-corrected chi connectivity index (χ1v) is 30.5. The highest BCUT2D eigenvalue weighted by molar-refractivity contribution is 5.76. The average Bonchev–Trinajstić information content (AvgIpc) is 3.40. The molecule has 1 aliphatic heterocycles. The summed E-state index contributed by atoms with van der Waals surface area (Å²) in [7, 11) is 0. The Kier molecular flexibility index (Phi) is 50.0. The van der Waals surface area contributed by atoms with Gasteiger partial charge in [-0.1, -0.05) is 265 Å². The van der Waals surface area contributed by atoms with Crippen molar-refractivity contribution in [2.24, 2.45) is 0 Å². The van der Waals surface area contributed by atoms with Crippen LogP contribution >= 0.6 is 0 Å². The maximum absolute atomic E-state index is 13.1. The van der Waals surface area contributed by atoms with Crippen molar-refractivity contribution < 1.29 is 39.8 Å². The van der Waals surface area contributed by atoms with Crippen LogP contribution in [0.2, 0.25) is 0 Å². The number of ether oxygens (including phenoxy) is 2. The molecule has 0 saturated carbocycles. The molecule has 0 spiro atoms. The topological polar surface area (TPSA) is 149 Å². The van der Waals surface area contributed by atoms with E-state index in [-0.39, 0.29) is 12.5 Å². The average molecular weight is 1040 g/mol. The molecule has 0 aromatic rings. The fourth-order valence-electron chi connectivity index (χ4n) is 9.14. The molecule has 0 radical (unpaired) electrons. The highest BCUT2D eigenvalue weighted by Crippen LogP contribution is 2.23. The second-order valence-corrected chi connectivity index (χ2v) is 20.8. The molecule has 74 heavy (non-hydrogen) atoms. The SMILES string of the molecule is CC/C=C\C/C=C\C/C=C\C/C=C\C/C=C\C/C=C\C/C=C\CCCCCCCC(=O)NC(COC1OC(CO)C(O)C(O)C1O)C(O)/C=C/CCCCCCCCCCCCCCCCCCCCCCCC. The first-order valence-electron chi connectivity index (χ1n) is 30.5. The highest BCUT2D eigenvalue weighted by atomic mass is 16.7. The monoisotopic (exact) mass is 1040 g/mol. The lowest BCUT2D eigenvalue weighted by atomic mass is 9.99. The molecule has 9 nitrogen and oxygen atoms in total. The molecule has 9 heteroatoms. The second kappa shape index (κ2) is 53.5. The van der Waals surface area contributed by atoms with E-state index in [1.807, 2.05) is 6.08 Å². The molecule has 1 amide bonds. The molecule has 1 rings (SSSR count). The van der Waals surface area contributed by atoms with Gasteiger partial charge in [-0.25, -0.2) is 0 Å². The van der Waals surface area contributed by atoms with Crippen LogP contribution in [0.5, 0.6) is 0 Å². The number of hydrogen-bond donors (Lipinski definition) is 6. The van der Waals surface area contributed by atoms with Gasteiger partial charge in [0.25, 0.3) is 0 Å². The Labute approximate surface area is 453 Å². The summed E-state index contributed by atoms with van der Waals surface area (Å²) in [6.07, 6.45) is 70.4. The Morgan fingerprint density at radius 2 is 0.838 bits per heavy atom. The predicted octanol–water partition coefficient (Wildman–Crippen LogP) is 15.6. The lowest BCUT2D eigenvalue weighted by Gasteiger charge is -2.40. The molecule has 7 unspecified atom stereocenters. The maximum Gasteiger partial charge on any atom is 0.220 e. The Balaban J connectivity index is 2.25. The van der Waals surface area contributed by atoms with Crippen LogP contribution in [0.15, 0.2) is 97.2 Å². The lowest BCUT2D eigenvalue weighted by molar-refractivity contribution is -0.302. The zero-order valence-electron chi connectivity index (χ0n) is 47.3. The largest absolute Gasteiger partial charge is 0.394 e. The molecule has 0 aliphatic carbocycles. The van der Waals surface area contributed by atoms with Crippen LogP contribution in [0.4, 0.5) is 0 Å². The van der Waals surface area contributed by atoms with Crippen LogP contribution in [0.3, 0.4) is 0 Å². The van der Waals surface area contributed by atoms with Gasteiger partial charge in [0, 0.05) is 6.42 Å². The number of carbonyl (C=O) groups is 1. The molecule has 1 fully saturated rings. The van der Waals surface area contributed by atoms with Crippen LogP contribution in [0, 0.1) is 0 Å². The van der Waals surface area contributed by atoms with E-state index in [0.29, 0.717) is 6.42 Å². The van der Waals surface area contributed by atoms with Crippen LogP contribution < -0.4 is 5.32 Å². The fourth-order valence-corrected chi connectivity index (χ4v) is 9.14. The van der Waals surface area contributed by atoms with Crippen molar-refractivity contribution in [3.8, 4) is 0 Å².